The average Bonchev–Trinajstić information content (AvgIpc) is 2.34. The maximum absolute atomic E-state index is 7.62. The second kappa shape index (κ2) is 5.14. The Morgan fingerprint density at radius 1 is 0.947 bits per heavy atom. The maximum Gasteiger partial charge on any atom is 0.138 e. The Hall–Kier alpha value is -2.29. The lowest BCUT2D eigenvalue weighted by Crippen LogP contribution is -2.12. The van der Waals surface area contributed by atoms with E-state index >= 15 is 0 Å². The Kier molecular flexibility index (Phi) is 3.56. The molecular weight excluding hydrogens is 236 g/mol. The average molecular weight is 254 g/mol. The third-order valence-electron chi connectivity index (χ3n) is 2.98. The topological polar surface area (TPSA) is 59.1 Å². The van der Waals surface area contributed by atoms with E-state index in [1.807, 2.05) is 51.1 Å². The lowest BCUT2D eigenvalue weighted by molar-refractivity contribution is 0.477. The molecule has 2 aromatic rings. The van der Waals surface area contributed by atoms with E-state index in [2.05, 4.69) is 6.07 Å². The van der Waals surface area contributed by atoms with Crippen molar-refractivity contribution in [2.24, 2.45) is 5.73 Å². The molecule has 0 aliphatic heterocycles. The molecule has 0 atom stereocenters. The summed E-state index contributed by atoms with van der Waals surface area (Å²) in [5.74, 6) is 1.42. The van der Waals surface area contributed by atoms with Crippen LogP contribution in [0, 0.1) is 26.2 Å². The van der Waals surface area contributed by atoms with Crippen LogP contribution in [0.25, 0.3) is 0 Å². The van der Waals surface area contributed by atoms with Gasteiger partial charge in [0.1, 0.15) is 17.3 Å². The van der Waals surface area contributed by atoms with E-state index in [4.69, 9.17) is 15.9 Å². The number of nitrogens with two attached hydrogens (primary N) is 1. The van der Waals surface area contributed by atoms with Gasteiger partial charge in [0.05, 0.1) is 5.56 Å². The quantitative estimate of drug-likeness (QED) is 0.648. The molecule has 98 valence electrons. The predicted octanol–water partition coefficient (Wildman–Crippen LogP) is 3.69. The van der Waals surface area contributed by atoms with E-state index in [1.54, 1.807) is 0 Å². The summed E-state index contributed by atoms with van der Waals surface area (Å²) in [6, 6.07) is 11.7. The van der Waals surface area contributed by atoms with Gasteiger partial charge < -0.3 is 10.5 Å². The monoisotopic (exact) mass is 254 g/mol. The maximum atomic E-state index is 7.62. The molecule has 0 radical (unpaired) electrons. The molecule has 3 heteroatoms. The zero-order valence-electron chi connectivity index (χ0n) is 11.4. The van der Waals surface area contributed by atoms with Crippen LogP contribution in [0.15, 0.2) is 36.4 Å². The Morgan fingerprint density at radius 3 is 2.11 bits per heavy atom. The zero-order chi connectivity index (χ0) is 14.0. The van der Waals surface area contributed by atoms with Crippen LogP contribution in [-0.4, -0.2) is 5.84 Å². The lowest BCUT2D eigenvalue weighted by atomic mass is 10.1. The molecule has 19 heavy (non-hydrogen) atoms. The van der Waals surface area contributed by atoms with Crippen LogP contribution in [0.4, 0.5) is 0 Å². The summed E-state index contributed by atoms with van der Waals surface area (Å²) >= 11 is 0. The molecule has 3 N–H and O–H groups in total. The number of hydrogen-bond acceptors (Lipinski definition) is 2. The van der Waals surface area contributed by atoms with Crippen molar-refractivity contribution in [3.05, 3.63) is 58.7 Å². The summed E-state index contributed by atoms with van der Waals surface area (Å²) in [5, 5.41) is 7.62. The normalized spacial score (nSPS) is 10.3. The molecule has 2 rings (SSSR count). The predicted molar refractivity (Wildman–Crippen MR) is 78.2 cm³/mol. The zero-order valence-corrected chi connectivity index (χ0v) is 11.4. The van der Waals surface area contributed by atoms with Gasteiger partial charge in [-0.05, 0) is 44.5 Å². The van der Waals surface area contributed by atoms with Crippen molar-refractivity contribution in [3.8, 4) is 11.5 Å². The van der Waals surface area contributed by atoms with Gasteiger partial charge in [-0.15, -0.1) is 0 Å². The largest absolute Gasteiger partial charge is 0.456 e. The third-order valence-corrected chi connectivity index (χ3v) is 2.98. The molecule has 2 aromatic carbocycles. The number of nitrogens with one attached hydrogen (secondary N) is 1. The molecule has 0 aliphatic rings. The van der Waals surface area contributed by atoms with Crippen molar-refractivity contribution in [1.82, 2.24) is 0 Å². The first kappa shape index (κ1) is 13.1. The van der Waals surface area contributed by atoms with Crippen LogP contribution in [0.1, 0.15) is 22.3 Å². The van der Waals surface area contributed by atoms with Gasteiger partial charge in [-0.25, -0.2) is 0 Å². The number of aryl methyl sites for hydroxylation is 3. The van der Waals surface area contributed by atoms with Crippen LogP contribution >= 0.6 is 0 Å². The van der Waals surface area contributed by atoms with Crippen LogP contribution in [0.2, 0.25) is 0 Å². The highest BCUT2D eigenvalue weighted by Crippen LogP contribution is 2.28. The van der Waals surface area contributed by atoms with Crippen molar-refractivity contribution in [3.63, 3.8) is 0 Å². The molecule has 0 spiro atoms. The second-order valence-corrected chi connectivity index (χ2v) is 4.78. The van der Waals surface area contributed by atoms with Crippen molar-refractivity contribution < 1.29 is 4.74 Å². The molecule has 0 heterocycles. The number of rotatable bonds is 3. The minimum absolute atomic E-state index is 0.0171. The summed E-state index contributed by atoms with van der Waals surface area (Å²) in [6.45, 7) is 6.01. The molecule has 0 aliphatic carbocycles. The first-order valence-electron chi connectivity index (χ1n) is 6.17. The van der Waals surface area contributed by atoms with Gasteiger partial charge in [0, 0.05) is 0 Å². The minimum atomic E-state index is 0.0171. The summed E-state index contributed by atoms with van der Waals surface area (Å²) < 4.78 is 5.89. The summed E-state index contributed by atoms with van der Waals surface area (Å²) in [5.41, 5.74) is 9.54. The molecular formula is C16H18N2O. The fraction of sp³-hybridized carbons (Fsp3) is 0.188. The SMILES string of the molecule is Cc1ccc(Oc2ccc(C)cc2C(=N)N)c(C)c1. The number of hydrogen-bond donors (Lipinski definition) is 2. The number of ether oxygens (including phenoxy) is 1. The summed E-state index contributed by atoms with van der Waals surface area (Å²) in [7, 11) is 0. The van der Waals surface area contributed by atoms with E-state index in [0.717, 1.165) is 16.9 Å². The second-order valence-electron chi connectivity index (χ2n) is 4.78. The van der Waals surface area contributed by atoms with E-state index < -0.39 is 0 Å². The Balaban J connectivity index is 2.40. The van der Waals surface area contributed by atoms with Crippen molar-refractivity contribution in [2.45, 2.75) is 20.8 Å². The molecule has 3 nitrogen and oxygen atoms in total. The lowest BCUT2D eigenvalue weighted by Gasteiger charge is -2.13. The van der Waals surface area contributed by atoms with Gasteiger partial charge >= 0.3 is 0 Å². The highest BCUT2D eigenvalue weighted by atomic mass is 16.5. The van der Waals surface area contributed by atoms with Crippen LogP contribution < -0.4 is 10.5 Å². The van der Waals surface area contributed by atoms with Gasteiger partial charge in [-0.3, -0.25) is 5.41 Å². The Bertz CT molecular complexity index is 633. The smallest absolute Gasteiger partial charge is 0.138 e. The highest BCUT2D eigenvalue weighted by Gasteiger charge is 2.09. The molecule has 0 bridgehead atoms. The fourth-order valence-corrected chi connectivity index (χ4v) is 1.98. The molecule has 0 aromatic heterocycles. The molecule has 0 fully saturated rings. The van der Waals surface area contributed by atoms with Crippen molar-refractivity contribution in [2.75, 3.05) is 0 Å². The van der Waals surface area contributed by atoms with Crippen molar-refractivity contribution in [1.29, 1.82) is 5.41 Å². The van der Waals surface area contributed by atoms with Crippen LogP contribution in [-0.2, 0) is 0 Å². The first-order valence-corrected chi connectivity index (χ1v) is 6.17. The fourth-order valence-electron chi connectivity index (χ4n) is 1.98. The van der Waals surface area contributed by atoms with Crippen molar-refractivity contribution >= 4 is 5.84 Å². The molecule has 0 saturated heterocycles. The Labute approximate surface area is 113 Å². The van der Waals surface area contributed by atoms with Gasteiger partial charge in [0.2, 0.25) is 0 Å². The van der Waals surface area contributed by atoms with Gasteiger partial charge in [0.15, 0.2) is 0 Å². The van der Waals surface area contributed by atoms with Crippen LogP contribution in [0.5, 0.6) is 11.5 Å². The summed E-state index contributed by atoms with van der Waals surface area (Å²) in [6.07, 6.45) is 0. The van der Waals surface area contributed by atoms with Gasteiger partial charge in [-0.1, -0.05) is 29.3 Å². The Morgan fingerprint density at radius 2 is 1.53 bits per heavy atom. The molecule has 0 amide bonds. The molecule has 0 saturated carbocycles. The molecule has 0 unspecified atom stereocenters. The minimum Gasteiger partial charge on any atom is -0.456 e. The van der Waals surface area contributed by atoms with Gasteiger partial charge in [0.25, 0.3) is 0 Å². The number of amidine groups is 1. The van der Waals surface area contributed by atoms with Gasteiger partial charge in [-0.2, -0.15) is 0 Å². The number of benzene rings is 2. The van der Waals surface area contributed by atoms with E-state index in [1.165, 1.54) is 5.56 Å². The van der Waals surface area contributed by atoms with E-state index in [9.17, 15) is 0 Å². The standard InChI is InChI=1S/C16H18N2O/c1-10-4-6-14(12(3)8-10)19-15-7-5-11(2)9-13(15)16(17)18/h4-9H,1-3H3,(H3,17,18). The third kappa shape index (κ3) is 2.94. The first-order chi connectivity index (χ1) is 8.97. The highest BCUT2D eigenvalue weighted by molar-refractivity contribution is 5.97. The van der Waals surface area contributed by atoms with E-state index in [-0.39, 0.29) is 5.84 Å². The summed E-state index contributed by atoms with van der Waals surface area (Å²) in [4.78, 5) is 0. The van der Waals surface area contributed by atoms with E-state index in [0.29, 0.717) is 11.3 Å². The van der Waals surface area contributed by atoms with Crippen LogP contribution in [0.3, 0.4) is 0 Å². The number of nitrogen functional groups attached to an aromatic ring is 1.